The van der Waals surface area contributed by atoms with Gasteiger partial charge in [-0.1, -0.05) is 0 Å². The van der Waals surface area contributed by atoms with E-state index in [1.165, 1.54) is 14.7 Å². The molecule has 0 aromatic rings. The van der Waals surface area contributed by atoms with E-state index in [0.717, 1.165) is 4.90 Å². The summed E-state index contributed by atoms with van der Waals surface area (Å²) in [5.41, 5.74) is 10.8. The second-order valence-corrected chi connectivity index (χ2v) is 13.9. The van der Waals surface area contributed by atoms with Crippen LogP contribution in [0.25, 0.3) is 0 Å². The molecule has 0 aliphatic carbocycles. The van der Waals surface area contributed by atoms with Gasteiger partial charge in [0.15, 0.2) is 5.96 Å². The van der Waals surface area contributed by atoms with Crippen molar-refractivity contribution in [3.05, 3.63) is 0 Å². The first kappa shape index (κ1) is 41.7. The second kappa shape index (κ2) is 18.8. The van der Waals surface area contributed by atoms with Gasteiger partial charge in [-0.25, -0.2) is 4.79 Å². The minimum absolute atomic E-state index is 0.00363. The number of carbonyl (C=O) groups is 8. The topological polar surface area (TPSA) is 334 Å². The molecule has 0 saturated carbocycles. The van der Waals surface area contributed by atoms with Crippen molar-refractivity contribution in [3.63, 3.8) is 0 Å². The highest BCUT2D eigenvalue weighted by Gasteiger charge is 2.45. The summed E-state index contributed by atoms with van der Waals surface area (Å²) < 4.78 is 0. The van der Waals surface area contributed by atoms with Crippen molar-refractivity contribution in [1.29, 1.82) is 5.41 Å². The molecule has 300 valence electrons. The molecule has 0 bridgehead atoms. The maximum atomic E-state index is 13.8. The molecule has 54 heavy (non-hydrogen) atoms. The maximum absolute atomic E-state index is 13.8. The highest BCUT2D eigenvalue weighted by atomic mass is 16.4. The number of nitrogens with zero attached hydrogens (tertiary/aromatic N) is 4. The Kier molecular flexibility index (Phi) is 14.5. The zero-order valence-electron chi connectivity index (χ0n) is 29.9. The van der Waals surface area contributed by atoms with Crippen molar-refractivity contribution in [1.82, 2.24) is 40.9 Å². The van der Waals surface area contributed by atoms with Gasteiger partial charge in [-0.2, -0.15) is 0 Å². The number of aliphatic hydroxyl groups is 2. The van der Waals surface area contributed by atoms with Crippen LogP contribution in [0.15, 0.2) is 0 Å². The van der Waals surface area contributed by atoms with Gasteiger partial charge in [0.2, 0.25) is 41.4 Å². The predicted molar refractivity (Wildman–Crippen MR) is 186 cm³/mol. The highest BCUT2D eigenvalue weighted by molar-refractivity contribution is 5.96. The van der Waals surface area contributed by atoms with Crippen molar-refractivity contribution in [2.45, 2.75) is 93.8 Å². The van der Waals surface area contributed by atoms with Crippen LogP contribution in [0.1, 0.15) is 51.4 Å². The number of aliphatic hydroxyl groups excluding tert-OH is 2. The van der Waals surface area contributed by atoms with Gasteiger partial charge >= 0.3 is 5.97 Å². The van der Waals surface area contributed by atoms with Crippen LogP contribution in [0, 0.1) is 5.41 Å². The van der Waals surface area contributed by atoms with Gasteiger partial charge in [-0.05, 0) is 38.5 Å². The number of amides is 7. The summed E-state index contributed by atoms with van der Waals surface area (Å²) in [6.45, 7) is -1.12. The van der Waals surface area contributed by atoms with Gasteiger partial charge < -0.3 is 67.7 Å². The van der Waals surface area contributed by atoms with E-state index in [1.54, 1.807) is 0 Å². The molecule has 7 amide bonds. The van der Waals surface area contributed by atoms with E-state index < -0.39 is 103 Å². The minimum Gasteiger partial charge on any atom is -0.480 e. The number of aliphatic carboxylic acids is 1. The fourth-order valence-electron chi connectivity index (χ4n) is 7.46. The molecule has 22 nitrogen and oxygen atoms in total. The van der Waals surface area contributed by atoms with Crippen LogP contribution >= 0.6 is 0 Å². The molecule has 0 spiro atoms. The van der Waals surface area contributed by atoms with Gasteiger partial charge in [0.1, 0.15) is 30.2 Å². The number of hydrogen-bond acceptors (Lipinski definition) is 12. The largest absolute Gasteiger partial charge is 0.480 e. The van der Waals surface area contributed by atoms with Gasteiger partial charge in [0.25, 0.3) is 0 Å². The quantitative estimate of drug-likeness (QED) is 0.0422. The Bertz CT molecular complexity index is 1480. The zero-order valence-corrected chi connectivity index (χ0v) is 29.9. The van der Waals surface area contributed by atoms with Gasteiger partial charge in [0, 0.05) is 45.6 Å². The Balaban J connectivity index is 1.35. The third-order valence-electron chi connectivity index (χ3n) is 10.1. The van der Waals surface area contributed by atoms with Crippen LogP contribution in [0.2, 0.25) is 0 Å². The summed E-state index contributed by atoms with van der Waals surface area (Å²) in [4.78, 5) is 108. The number of guanidine groups is 1. The third-order valence-corrected chi connectivity index (χ3v) is 10.1. The molecule has 4 rings (SSSR count). The average molecular weight is 766 g/mol. The monoisotopic (exact) mass is 765 g/mol. The molecular formula is C32H51N11O11. The van der Waals surface area contributed by atoms with Crippen molar-refractivity contribution in [2.24, 2.45) is 11.5 Å². The fourth-order valence-corrected chi connectivity index (χ4v) is 7.46. The smallest absolute Gasteiger partial charge is 0.326 e. The van der Waals surface area contributed by atoms with Crippen LogP contribution in [0.4, 0.5) is 0 Å². The molecule has 7 atom stereocenters. The van der Waals surface area contributed by atoms with Crippen molar-refractivity contribution >= 4 is 53.3 Å². The SMILES string of the molecule is N=C(N)NCCC[C@H](NC(=O)CNC(=O)[C@@H]1CCCN1C(=O)[C@@H]1C[C@@H](O)CN1C(=O)CN)C(=O)N1CCC[C@H]1C(=O)NCC(=O)N1C[C@H](O)C[C@H]1C(=O)O. The number of carboxylic acids is 1. The lowest BCUT2D eigenvalue weighted by molar-refractivity contribution is -0.148. The van der Waals surface area contributed by atoms with Gasteiger partial charge in [0.05, 0.1) is 31.8 Å². The van der Waals surface area contributed by atoms with Crippen molar-refractivity contribution < 1.29 is 53.7 Å². The molecule has 0 aromatic heterocycles. The van der Waals surface area contributed by atoms with Crippen molar-refractivity contribution in [3.8, 4) is 0 Å². The summed E-state index contributed by atoms with van der Waals surface area (Å²) in [7, 11) is 0. The number of β-amino-alcohol motifs (C(OH)–C–C–N with tert-alkyl or cyclic N) is 2. The number of nitrogens with one attached hydrogen (secondary N) is 5. The van der Waals surface area contributed by atoms with Crippen LogP contribution in [0.3, 0.4) is 0 Å². The number of carbonyl (C=O) groups excluding carboxylic acids is 7. The molecule has 4 fully saturated rings. The molecule has 4 heterocycles. The lowest BCUT2D eigenvalue weighted by Gasteiger charge is -2.30. The van der Waals surface area contributed by atoms with Crippen LogP contribution < -0.4 is 32.7 Å². The Morgan fingerprint density at radius 3 is 1.89 bits per heavy atom. The Hall–Kier alpha value is -5.09. The van der Waals surface area contributed by atoms with Crippen molar-refractivity contribution in [2.75, 3.05) is 52.4 Å². The van der Waals surface area contributed by atoms with E-state index in [4.69, 9.17) is 16.9 Å². The van der Waals surface area contributed by atoms with Crippen LogP contribution in [0.5, 0.6) is 0 Å². The highest BCUT2D eigenvalue weighted by Crippen LogP contribution is 2.26. The van der Waals surface area contributed by atoms with E-state index in [1.807, 2.05) is 0 Å². The summed E-state index contributed by atoms with van der Waals surface area (Å²) in [5, 5.41) is 46.9. The standard InChI is InChI=1S/C32H51N11O11/c33-12-25(47)42-15-17(44)10-22(42)30(52)41-9-3-6-21(41)27(49)37-13-24(46)39-19(4-1-7-36-32(34)35)29(51)40-8-2-5-20(40)28(50)38-14-26(48)43-16-18(45)11-23(43)31(53)54/h17-23,44-45H,1-16,33H2,(H,37,49)(H,38,50)(H,39,46)(H,53,54)(H4,34,35,36)/t17-,18-,19+,20+,21+,22+,23+/m1/s1. The van der Waals surface area contributed by atoms with Crippen LogP contribution in [-0.2, 0) is 38.4 Å². The third kappa shape index (κ3) is 10.3. The number of likely N-dealkylation sites (tertiary alicyclic amines) is 4. The number of carboxylic acid groups (broad SMARTS) is 1. The fraction of sp³-hybridized carbons (Fsp3) is 0.719. The van der Waals surface area contributed by atoms with E-state index in [2.05, 4.69) is 21.3 Å². The molecule has 4 aliphatic heterocycles. The maximum Gasteiger partial charge on any atom is 0.326 e. The molecule has 0 radical (unpaired) electrons. The van der Waals surface area contributed by atoms with Gasteiger partial charge in [-0.15, -0.1) is 0 Å². The van der Waals surface area contributed by atoms with E-state index in [0.29, 0.717) is 19.3 Å². The molecular weight excluding hydrogens is 714 g/mol. The predicted octanol–water partition coefficient (Wildman–Crippen LogP) is -6.08. The van der Waals surface area contributed by atoms with Gasteiger partial charge in [-0.3, -0.25) is 39.0 Å². The first-order valence-electron chi connectivity index (χ1n) is 18.0. The Morgan fingerprint density at radius 2 is 1.30 bits per heavy atom. The number of hydrogen-bond donors (Lipinski definition) is 10. The summed E-state index contributed by atoms with van der Waals surface area (Å²) >= 11 is 0. The number of rotatable bonds is 15. The number of nitrogens with two attached hydrogens (primary N) is 2. The van der Waals surface area contributed by atoms with Crippen LogP contribution in [-0.4, -0.2) is 183 Å². The molecule has 12 N–H and O–H groups in total. The molecule has 0 unspecified atom stereocenters. The first-order valence-corrected chi connectivity index (χ1v) is 18.0. The van der Waals surface area contributed by atoms with E-state index in [-0.39, 0.29) is 77.3 Å². The normalized spacial score (nSPS) is 25.6. The molecule has 22 heteroatoms. The molecule has 4 aliphatic rings. The lowest BCUT2D eigenvalue weighted by Crippen LogP contribution is -2.56. The molecule has 0 aromatic carbocycles. The lowest BCUT2D eigenvalue weighted by atomic mass is 10.1. The zero-order chi connectivity index (χ0) is 39.7. The summed E-state index contributed by atoms with van der Waals surface area (Å²) in [5.74, 6) is -5.91. The van der Waals surface area contributed by atoms with E-state index in [9.17, 15) is 53.7 Å². The summed E-state index contributed by atoms with van der Waals surface area (Å²) in [6, 6.07) is -5.30. The first-order chi connectivity index (χ1) is 25.6. The Labute approximate surface area is 310 Å². The average Bonchev–Trinajstić information content (AvgIpc) is 3.96. The minimum atomic E-state index is -1.28. The molecule has 4 saturated heterocycles. The summed E-state index contributed by atoms with van der Waals surface area (Å²) in [6.07, 6.45) is -0.250. The Morgan fingerprint density at radius 1 is 0.741 bits per heavy atom. The second-order valence-electron chi connectivity index (χ2n) is 13.9. The van der Waals surface area contributed by atoms with E-state index >= 15 is 0 Å².